The molecular formula is C14H33NO3S. The second-order valence-corrected chi connectivity index (χ2v) is 7.13. The molecule has 0 saturated carbocycles. The van der Waals surface area contributed by atoms with Gasteiger partial charge in [0.25, 0.3) is 0 Å². The number of nitrogens with one attached hydrogen (secondary N) is 1. The van der Waals surface area contributed by atoms with Crippen LogP contribution >= 0.6 is 11.8 Å². The van der Waals surface area contributed by atoms with Crippen LogP contribution in [0.2, 0.25) is 0 Å². The maximum absolute atomic E-state index is 11.7. The summed E-state index contributed by atoms with van der Waals surface area (Å²) in [6.07, 6.45) is 0.918. The number of rotatable bonds is 7. The van der Waals surface area contributed by atoms with Crippen molar-refractivity contribution in [2.24, 2.45) is 0 Å². The minimum absolute atomic E-state index is 0. The highest BCUT2D eigenvalue weighted by Crippen LogP contribution is 2.23. The van der Waals surface area contributed by atoms with Crippen molar-refractivity contribution in [1.82, 2.24) is 5.32 Å². The highest BCUT2D eigenvalue weighted by molar-refractivity contribution is 8.00. The summed E-state index contributed by atoms with van der Waals surface area (Å²) in [6, 6.07) is 0. The Hall–Kier alpha value is -0.260. The first-order valence-corrected chi connectivity index (χ1v) is 6.94. The third kappa shape index (κ3) is 10.2. The van der Waals surface area contributed by atoms with Crippen molar-refractivity contribution in [3.05, 3.63) is 0 Å². The molecule has 118 valence electrons. The number of carbonyl (C=O) groups is 1. The standard InChI is InChI=1S/C12H25NO3S.2CH4/c1-5-12(8-14,9-15)13-10(16)6-7-17-11(2,3)4;;/h14-15H,5-9H2,1-4H3,(H,13,16);2*1H4. The molecule has 0 aromatic rings. The summed E-state index contributed by atoms with van der Waals surface area (Å²) < 4.78 is 0.149. The fourth-order valence-corrected chi connectivity index (χ4v) is 2.15. The fraction of sp³-hybridized carbons (Fsp3) is 0.929. The molecule has 0 aliphatic carbocycles. The van der Waals surface area contributed by atoms with E-state index in [4.69, 9.17) is 0 Å². The predicted octanol–water partition coefficient (Wildman–Crippen LogP) is 2.43. The van der Waals surface area contributed by atoms with Gasteiger partial charge >= 0.3 is 0 Å². The van der Waals surface area contributed by atoms with Gasteiger partial charge in [-0.05, 0) is 6.42 Å². The molecule has 0 atom stereocenters. The van der Waals surface area contributed by atoms with E-state index in [0.717, 1.165) is 5.75 Å². The number of aliphatic hydroxyl groups excluding tert-OH is 2. The molecule has 0 aliphatic heterocycles. The third-order valence-electron chi connectivity index (χ3n) is 2.55. The molecule has 0 rings (SSSR count). The summed E-state index contributed by atoms with van der Waals surface area (Å²) in [7, 11) is 0. The molecule has 0 fully saturated rings. The van der Waals surface area contributed by atoms with Crippen molar-refractivity contribution in [2.45, 2.75) is 65.7 Å². The van der Waals surface area contributed by atoms with Crippen molar-refractivity contribution >= 4 is 17.7 Å². The van der Waals surface area contributed by atoms with Gasteiger partial charge in [0.1, 0.15) is 0 Å². The van der Waals surface area contributed by atoms with Gasteiger partial charge in [0.05, 0.1) is 18.8 Å². The minimum Gasteiger partial charge on any atom is -0.394 e. The first-order valence-electron chi connectivity index (χ1n) is 5.95. The number of aliphatic hydroxyl groups is 2. The summed E-state index contributed by atoms with van der Waals surface area (Å²) in [5.74, 6) is 0.623. The Kier molecular flexibility index (Phi) is 13.2. The van der Waals surface area contributed by atoms with Crippen molar-refractivity contribution in [2.75, 3.05) is 19.0 Å². The van der Waals surface area contributed by atoms with Crippen LogP contribution in [-0.4, -0.2) is 45.4 Å². The molecule has 0 radical (unpaired) electrons. The van der Waals surface area contributed by atoms with Crippen LogP contribution < -0.4 is 5.32 Å². The Morgan fingerprint density at radius 3 is 1.95 bits per heavy atom. The normalized spacial score (nSPS) is 11.3. The van der Waals surface area contributed by atoms with Gasteiger partial charge in [0.15, 0.2) is 0 Å². The second-order valence-electron chi connectivity index (χ2n) is 5.21. The Bertz CT molecular complexity index is 227. The highest BCUT2D eigenvalue weighted by Gasteiger charge is 2.28. The van der Waals surface area contributed by atoms with Crippen molar-refractivity contribution < 1.29 is 15.0 Å². The van der Waals surface area contributed by atoms with Crippen LogP contribution in [-0.2, 0) is 4.79 Å². The van der Waals surface area contributed by atoms with Crippen molar-refractivity contribution in [3.8, 4) is 0 Å². The van der Waals surface area contributed by atoms with Crippen molar-refractivity contribution in [1.29, 1.82) is 0 Å². The fourth-order valence-electron chi connectivity index (χ4n) is 1.25. The zero-order chi connectivity index (χ0) is 13.5. The van der Waals surface area contributed by atoms with Gasteiger partial charge in [-0.25, -0.2) is 0 Å². The molecule has 4 nitrogen and oxygen atoms in total. The van der Waals surface area contributed by atoms with Crippen LogP contribution in [0.25, 0.3) is 0 Å². The molecule has 1 amide bonds. The average molecular weight is 295 g/mol. The molecule has 0 heterocycles. The molecular weight excluding hydrogens is 262 g/mol. The Morgan fingerprint density at radius 1 is 1.16 bits per heavy atom. The molecule has 0 saturated heterocycles. The van der Waals surface area contributed by atoms with Gasteiger partial charge in [-0.3, -0.25) is 4.79 Å². The van der Waals surface area contributed by atoms with Gasteiger partial charge < -0.3 is 15.5 Å². The molecule has 0 bridgehead atoms. The number of hydrogen-bond donors (Lipinski definition) is 3. The van der Waals surface area contributed by atoms with Crippen LogP contribution in [0.4, 0.5) is 0 Å². The lowest BCUT2D eigenvalue weighted by atomic mass is 9.98. The van der Waals surface area contributed by atoms with Gasteiger partial charge in [-0.15, -0.1) is 0 Å². The first kappa shape index (κ1) is 23.8. The summed E-state index contributed by atoms with van der Waals surface area (Å²) >= 11 is 1.72. The van der Waals surface area contributed by atoms with Crippen LogP contribution in [0.1, 0.15) is 55.4 Å². The smallest absolute Gasteiger partial charge is 0.221 e. The van der Waals surface area contributed by atoms with Crippen LogP contribution in [0.15, 0.2) is 0 Å². The average Bonchev–Trinajstić information content (AvgIpc) is 2.24. The zero-order valence-electron chi connectivity index (χ0n) is 11.2. The van der Waals surface area contributed by atoms with E-state index in [-0.39, 0.29) is 38.7 Å². The Balaban J connectivity index is -0.00000128. The first-order chi connectivity index (χ1) is 7.78. The largest absolute Gasteiger partial charge is 0.394 e. The van der Waals surface area contributed by atoms with E-state index in [1.165, 1.54) is 0 Å². The van der Waals surface area contributed by atoms with Crippen LogP contribution in [0, 0.1) is 0 Å². The molecule has 0 aromatic heterocycles. The van der Waals surface area contributed by atoms with Gasteiger partial charge in [0, 0.05) is 16.9 Å². The van der Waals surface area contributed by atoms with E-state index in [1.54, 1.807) is 11.8 Å². The molecule has 0 spiro atoms. The van der Waals surface area contributed by atoms with Crippen LogP contribution in [0.3, 0.4) is 0 Å². The maximum Gasteiger partial charge on any atom is 0.221 e. The lowest BCUT2D eigenvalue weighted by Crippen LogP contribution is -2.53. The number of carbonyl (C=O) groups excluding carboxylic acids is 1. The number of hydrogen-bond acceptors (Lipinski definition) is 4. The van der Waals surface area contributed by atoms with Gasteiger partial charge in [-0.2, -0.15) is 11.8 Å². The quantitative estimate of drug-likeness (QED) is 0.675. The van der Waals surface area contributed by atoms with Gasteiger partial charge in [0.2, 0.25) is 5.91 Å². The molecule has 0 unspecified atom stereocenters. The predicted molar refractivity (Wildman–Crippen MR) is 85.6 cm³/mol. The van der Waals surface area contributed by atoms with Crippen molar-refractivity contribution in [3.63, 3.8) is 0 Å². The molecule has 3 N–H and O–H groups in total. The van der Waals surface area contributed by atoms with E-state index >= 15 is 0 Å². The van der Waals surface area contributed by atoms with E-state index in [1.807, 2.05) is 6.92 Å². The SMILES string of the molecule is C.C.CCC(CO)(CO)NC(=O)CCSC(C)(C)C. The summed E-state index contributed by atoms with van der Waals surface area (Å²) in [5, 5.41) is 21.1. The number of thioether (sulfide) groups is 1. The van der Waals surface area contributed by atoms with E-state index in [9.17, 15) is 15.0 Å². The van der Waals surface area contributed by atoms with E-state index < -0.39 is 5.54 Å². The van der Waals surface area contributed by atoms with E-state index in [2.05, 4.69) is 26.1 Å². The molecule has 0 aromatic carbocycles. The summed E-state index contributed by atoms with van der Waals surface area (Å²) in [4.78, 5) is 11.7. The minimum atomic E-state index is -0.872. The Labute approximate surface area is 123 Å². The van der Waals surface area contributed by atoms with E-state index in [0.29, 0.717) is 12.8 Å². The zero-order valence-corrected chi connectivity index (χ0v) is 12.1. The number of amides is 1. The molecule has 5 heteroatoms. The molecule has 19 heavy (non-hydrogen) atoms. The highest BCUT2D eigenvalue weighted by atomic mass is 32.2. The molecule has 0 aliphatic rings. The van der Waals surface area contributed by atoms with Gasteiger partial charge in [-0.1, -0.05) is 42.5 Å². The third-order valence-corrected chi connectivity index (χ3v) is 3.83. The lowest BCUT2D eigenvalue weighted by Gasteiger charge is -2.29. The Morgan fingerprint density at radius 2 is 1.63 bits per heavy atom. The monoisotopic (exact) mass is 295 g/mol. The second kappa shape index (κ2) is 10.5. The lowest BCUT2D eigenvalue weighted by molar-refractivity contribution is -0.124. The summed E-state index contributed by atoms with van der Waals surface area (Å²) in [5.41, 5.74) is -0.872. The topological polar surface area (TPSA) is 69.6 Å². The van der Waals surface area contributed by atoms with Crippen LogP contribution in [0.5, 0.6) is 0 Å². The summed E-state index contributed by atoms with van der Waals surface area (Å²) in [6.45, 7) is 7.67. The maximum atomic E-state index is 11.7.